The molecule has 3 aromatic rings. The number of aromatic nitrogens is 1. The molecule has 0 atom stereocenters. The van der Waals surface area contributed by atoms with Crippen molar-refractivity contribution in [2.45, 2.75) is 13.1 Å². The summed E-state index contributed by atoms with van der Waals surface area (Å²) in [7, 11) is 3.49. The summed E-state index contributed by atoms with van der Waals surface area (Å²) < 4.78 is 7.13. The predicted molar refractivity (Wildman–Crippen MR) is 130 cm³/mol. The van der Waals surface area contributed by atoms with Crippen molar-refractivity contribution in [1.82, 2.24) is 14.4 Å². The molecule has 0 spiro atoms. The third-order valence-electron chi connectivity index (χ3n) is 5.42. The highest BCUT2D eigenvalue weighted by molar-refractivity contribution is 5.92. The summed E-state index contributed by atoms with van der Waals surface area (Å²) in [5.41, 5.74) is 3.05. The van der Waals surface area contributed by atoms with Gasteiger partial charge in [0.1, 0.15) is 6.54 Å². The summed E-state index contributed by atoms with van der Waals surface area (Å²) in [6.07, 6.45) is 1.94. The fourth-order valence-electron chi connectivity index (χ4n) is 3.44. The molecule has 8 heteroatoms. The van der Waals surface area contributed by atoms with E-state index < -0.39 is 6.03 Å². The van der Waals surface area contributed by atoms with E-state index in [1.807, 2.05) is 66.3 Å². The molecule has 0 saturated heterocycles. The van der Waals surface area contributed by atoms with Crippen LogP contribution < -0.4 is 5.32 Å². The van der Waals surface area contributed by atoms with Gasteiger partial charge in [0.05, 0.1) is 24.8 Å². The smallest absolute Gasteiger partial charge is 0.322 e. The summed E-state index contributed by atoms with van der Waals surface area (Å²) in [6, 6.07) is 21.9. The standard InChI is InChI=1S/C26H29N5O3/c1-29-14-6-9-24(29)19-31(18-22-7-4-3-5-8-22)25(32)20-30(15-16-34-2)26(33)28-23-12-10-21(17-27)11-13-23/h3-14H,15-16,18-20H2,1-2H3,(H,28,33). The lowest BCUT2D eigenvalue weighted by Crippen LogP contribution is -2.45. The lowest BCUT2D eigenvalue weighted by molar-refractivity contribution is -0.133. The molecule has 0 saturated carbocycles. The number of nitrogens with one attached hydrogen (secondary N) is 1. The van der Waals surface area contributed by atoms with Crippen molar-refractivity contribution >= 4 is 17.6 Å². The van der Waals surface area contributed by atoms with Gasteiger partial charge in [-0.15, -0.1) is 0 Å². The molecule has 0 aliphatic heterocycles. The van der Waals surface area contributed by atoms with Crippen LogP contribution in [0.3, 0.4) is 0 Å². The van der Waals surface area contributed by atoms with Gasteiger partial charge >= 0.3 is 6.03 Å². The van der Waals surface area contributed by atoms with E-state index in [9.17, 15) is 9.59 Å². The number of carbonyl (C=O) groups is 2. The van der Waals surface area contributed by atoms with Gasteiger partial charge in [0.25, 0.3) is 0 Å². The molecule has 176 valence electrons. The van der Waals surface area contributed by atoms with Crippen LogP contribution in [0.5, 0.6) is 0 Å². The van der Waals surface area contributed by atoms with E-state index in [4.69, 9.17) is 10.00 Å². The second-order valence-electron chi connectivity index (χ2n) is 7.88. The molecule has 1 aromatic heterocycles. The predicted octanol–water partition coefficient (Wildman–Crippen LogP) is 3.61. The van der Waals surface area contributed by atoms with E-state index in [-0.39, 0.29) is 19.0 Å². The number of urea groups is 1. The van der Waals surface area contributed by atoms with Gasteiger partial charge < -0.3 is 24.4 Å². The molecule has 0 aliphatic carbocycles. The zero-order valence-electron chi connectivity index (χ0n) is 19.5. The van der Waals surface area contributed by atoms with Crippen molar-refractivity contribution in [3.05, 3.63) is 89.7 Å². The van der Waals surface area contributed by atoms with E-state index >= 15 is 0 Å². The monoisotopic (exact) mass is 459 g/mol. The fourth-order valence-corrected chi connectivity index (χ4v) is 3.44. The summed E-state index contributed by atoms with van der Waals surface area (Å²) in [6.45, 7) is 1.31. The van der Waals surface area contributed by atoms with Gasteiger partial charge in [0, 0.05) is 44.8 Å². The molecule has 34 heavy (non-hydrogen) atoms. The Labute approximate surface area is 200 Å². The minimum atomic E-state index is -0.409. The summed E-state index contributed by atoms with van der Waals surface area (Å²) in [5, 5.41) is 11.8. The van der Waals surface area contributed by atoms with Gasteiger partial charge in [-0.3, -0.25) is 4.79 Å². The number of nitriles is 1. The Morgan fingerprint density at radius 1 is 1.00 bits per heavy atom. The molecule has 8 nitrogen and oxygen atoms in total. The number of carbonyl (C=O) groups excluding carboxylic acids is 2. The summed E-state index contributed by atoms with van der Waals surface area (Å²) in [4.78, 5) is 29.6. The lowest BCUT2D eigenvalue weighted by Gasteiger charge is -2.28. The molecular weight excluding hydrogens is 430 g/mol. The molecule has 2 aromatic carbocycles. The number of hydrogen-bond acceptors (Lipinski definition) is 4. The largest absolute Gasteiger partial charge is 0.383 e. The number of benzene rings is 2. The van der Waals surface area contributed by atoms with Gasteiger partial charge in [0.2, 0.25) is 5.91 Å². The number of nitrogens with zero attached hydrogens (tertiary/aromatic N) is 4. The van der Waals surface area contributed by atoms with Crippen molar-refractivity contribution in [2.75, 3.05) is 32.1 Å². The first-order valence-corrected chi connectivity index (χ1v) is 11.0. The number of rotatable bonds is 10. The average Bonchev–Trinajstić information content (AvgIpc) is 3.26. The van der Waals surface area contributed by atoms with Crippen LogP contribution in [-0.4, -0.2) is 53.1 Å². The normalized spacial score (nSPS) is 10.4. The SMILES string of the molecule is COCCN(CC(=O)N(Cc1ccccc1)Cc1cccn1C)C(=O)Nc1ccc(C#N)cc1. The highest BCUT2D eigenvalue weighted by Gasteiger charge is 2.22. The maximum atomic E-state index is 13.4. The molecule has 1 heterocycles. The van der Waals surface area contributed by atoms with Crippen LogP contribution in [0, 0.1) is 11.3 Å². The molecule has 0 unspecified atom stereocenters. The molecule has 3 amide bonds. The first kappa shape index (κ1) is 24.6. The van der Waals surface area contributed by atoms with Crippen LogP contribution in [0.2, 0.25) is 0 Å². The van der Waals surface area contributed by atoms with Gasteiger partial charge in [0.15, 0.2) is 0 Å². The van der Waals surface area contributed by atoms with E-state index in [1.54, 1.807) is 36.3 Å². The number of methoxy groups -OCH3 is 1. The molecule has 0 radical (unpaired) electrons. The maximum Gasteiger partial charge on any atom is 0.322 e. The number of aryl methyl sites for hydroxylation is 1. The topological polar surface area (TPSA) is 90.6 Å². The van der Waals surface area contributed by atoms with Crippen molar-refractivity contribution in [2.24, 2.45) is 7.05 Å². The average molecular weight is 460 g/mol. The van der Waals surface area contributed by atoms with Crippen LogP contribution in [0.1, 0.15) is 16.8 Å². The zero-order valence-corrected chi connectivity index (χ0v) is 19.5. The minimum Gasteiger partial charge on any atom is -0.383 e. The van der Waals surface area contributed by atoms with Crippen molar-refractivity contribution < 1.29 is 14.3 Å². The van der Waals surface area contributed by atoms with Crippen LogP contribution in [0.4, 0.5) is 10.5 Å². The quantitative estimate of drug-likeness (QED) is 0.502. The van der Waals surface area contributed by atoms with E-state index in [1.165, 1.54) is 4.90 Å². The second-order valence-corrected chi connectivity index (χ2v) is 7.88. The molecule has 0 fully saturated rings. The molecule has 0 aliphatic rings. The molecule has 1 N–H and O–H groups in total. The van der Waals surface area contributed by atoms with E-state index in [0.717, 1.165) is 11.3 Å². The molecule has 3 rings (SSSR count). The summed E-state index contributed by atoms with van der Waals surface area (Å²) in [5.74, 6) is -0.170. The van der Waals surface area contributed by atoms with E-state index in [0.29, 0.717) is 30.9 Å². The highest BCUT2D eigenvalue weighted by Crippen LogP contribution is 2.13. The number of hydrogen-bond donors (Lipinski definition) is 1. The van der Waals surface area contributed by atoms with Gasteiger partial charge in [-0.05, 0) is 42.0 Å². The van der Waals surface area contributed by atoms with Gasteiger partial charge in [-0.1, -0.05) is 30.3 Å². The zero-order chi connectivity index (χ0) is 24.3. The first-order chi connectivity index (χ1) is 16.5. The second kappa shape index (κ2) is 12.2. The lowest BCUT2D eigenvalue weighted by atomic mass is 10.2. The molecular formula is C26H29N5O3. The number of ether oxygens (including phenoxy) is 1. The third kappa shape index (κ3) is 6.95. The number of amides is 3. The maximum absolute atomic E-state index is 13.4. The Morgan fingerprint density at radius 3 is 2.35 bits per heavy atom. The Kier molecular flexibility index (Phi) is 8.83. The highest BCUT2D eigenvalue weighted by atomic mass is 16.5. The van der Waals surface area contributed by atoms with Crippen LogP contribution in [0.25, 0.3) is 0 Å². The van der Waals surface area contributed by atoms with Gasteiger partial charge in [-0.25, -0.2) is 4.79 Å². The summed E-state index contributed by atoms with van der Waals surface area (Å²) >= 11 is 0. The molecule has 0 bridgehead atoms. The van der Waals surface area contributed by atoms with Crippen LogP contribution in [0.15, 0.2) is 72.9 Å². The van der Waals surface area contributed by atoms with Crippen LogP contribution >= 0.6 is 0 Å². The van der Waals surface area contributed by atoms with Crippen molar-refractivity contribution in [3.63, 3.8) is 0 Å². The fraction of sp³-hybridized carbons (Fsp3) is 0.269. The third-order valence-corrected chi connectivity index (χ3v) is 5.42. The minimum absolute atomic E-state index is 0.0945. The van der Waals surface area contributed by atoms with Crippen molar-refractivity contribution in [3.8, 4) is 6.07 Å². The Balaban J connectivity index is 1.75. The van der Waals surface area contributed by atoms with Crippen molar-refractivity contribution in [1.29, 1.82) is 5.26 Å². The Hall–Kier alpha value is -4.09. The Bertz CT molecular complexity index is 1120. The number of anilines is 1. The Morgan fingerprint density at radius 2 is 1.74 bits per heavy atom. The van der Waals surface area contributed by atoms with Crippen LogP contribution in [-0.2, 0) is 29.7 Å². The van der Waals surface area contributed by atoms with Gasteiger partial charge in [-0.2, -0.15) is 5.26 Å². The van der Waals surface area contributed by atoms with E-state index in [2.05, 4.69) is 5.32 Å². The first-order valence-electron chi connectivity index (χ1n) is 11.0.